The Balaban J connectivity index is 2.17. The highest BCUT2D eigenvalue weighted by Crippen LogP contribution is 2.44. The van der Waals surface area contributed by atoms with Gasteiger partial charge in [-0.1, -0.05) is 19.9 Å². The molecule has 0 saturated heterocycles. The first-order valence-corrected chi connectivity index (χ1v) is 9.56. The highest BCUT2D eigenvalue weighted by Gasteiger charge is 2.46. The van der Waals surface area contributed by atoms with Crippen LogP contribution < -0.4 is 0 Å². The summed E-state index contributed by atoms with van der Waals surface area (Å²) in [5.74, 6) is -1.78. The first-order chi connectivity index (χ1) is 13.8. The largest absolute Gasteiger partial charge is 0.448 e. The Hall–Kier alpha value is -2.39. The van der Waals surface area contributed by atoms with Crippen LogP contribution >= 0.6 is 0 Å². The van der Waals surface area contributed by atoms with E-state index >= 15 is 0 Å². The van der Waals surface area contributed by atoms with E-state index < -0.39 is 47.7 Å². The molecule has 0 bridgehead atoms. The van der Waals surface area contributed by atoms with Crippen LogP contribution in [0.15, 0.2) is 47.1 Å². The van der Waals surface area contributed by atoms with Crippen molar-refractivity contribution in [1.29, 1.82) is 0 Å². The molecule has 0 unspecified atom stereocenters. The predicted molar refractivity (Wildman–Crippen MR) is 107 cm³/mol. The molecular formula is C22H28O8. The number of hydrogen-bond donors (Lipinski definition) is 4. The van der Waals surface area contributed by atoms with E-state index in [1.165, 1.54) is 18.2 Å². The average molecular weight is 420 g/mol. The SMILES string of the molecule is CC1=CC(=O)CC(C)(C)[C@@]1(O)C=C/C(C)=C\C(=O)O[C@H]1C(=O)C(CO)=C[C@@H](O)[C@@H]1O. The Morgan fingerprint density at radius 3 is 2.50 bits per heavy atom. The second-order valence-corrected chi connectivity index (χ2v) is 8.40. The number of aliphatic hydroxyl groups is 4. The minimum Gasteiger partial charge on any atom is -0.448 e. The van der Waals surface area contributed by atoms with Gasteiger partial charge in [0.05, 0.1) is 6.61 Å². The number of Topliss-reactive ketones (excluding diaryl/α,β-unsaturated/α-hetero) is 1. The Morgan fingerprint density at radius 2 is 1.93 bits per heavy atom. The zero-order valence-corrected chi connectivity index (χ0v) is 17.5. The van der Waals surface area contributed by atoms with Crippen molar-refractivity contribution in [2.24, 2.45) is 5.41 Å². The van der Waals surface area contributed by atoms with Crippen LogP contribution in [0.25, 0.3) is 0 Å². The van der Waals surface area contributed by atoms with Gasteiger partial charge in [-0.3, -0.25) is 9.59 Å². The quantitative estimate of drug-likeness (QED) is 0.283. The predicted octanol–water partition coefficient (Wildman–Crippen LogP) is 0.300. The molecule has 0 heterocycles. The lowest BCUT2D eigenvalue weighted by Crippen LogP contribution is -2.48. The summed E-state index contributed by atoms with van der Waals surface area (Å²) in [6.45, 7) is 6.12. The highest BCUT2D eigenvalue weighted by atomic mass is 16.6. The molecule has 4 N–H and O–H groups in total. The number of rotatable bonds is 5. The van der Waals surface area contributed by atoms with Crippen molar-refractivity contribution < 1.29 is 39.5 Å². The van der Waals surface area contributed by atoms with Gasteiger partial charge in [0.2, 0.25) is 5.78 Å². The van der Waals surface area contributed by atoms with Crippen molar-refractivity contribution in [3.05, 3.63) is 47.1 Å². The molecule has 0 aromatic carbocycles. The lowest BCUT2D eigenvalue weighted by Gasteiger charge is -2.44. The summed E-state index contributed by atoms with van der Waals surface area (Å²) in [5, 5.41) is 40.0. The molecule has 0 radical (unpaired) electrons. The minimum absolute atomic E-state index is 0.0689. The second kappa shape index (κ2) is 8.77. The van der Waals surface area contributed by atoms with Crippen LogP contribution in [0.2, 0.25) is 0 Å². The monoisotopic (exact) mass is 420 g/mol. The van der Waals surface area contributed by atoms with Gasteiger partial charge in [-0.25, -0.2) is 4.79 Å². The van der Waals surface area contributed by atoms with E-state index in [4.69, 9.17) is 9.84 Å². The normalized spacial score (nSPS) is 32.1. The van der Waals surface area contributed by atoms with Crippen LogP contribution in [-0.4, -0.2) is 68.5 Å². The molecule has 0 aromatic rings. The Morgan fingerprint density at radius 1 is 1.30 bits per heavy atom. The van der Waals surface area contributed by atoms with Gasteiger partial charge >= 0.3 is 5.97 Å². The topological polar surface area (TPSA) is 141 Å². The molecular weight excluding hydrogens is 392 g/mol. The summed E-state index contributed by atoms with van der Waals surface area (Å²) in [5.41, 5.74) is -1.40. The summed E-state index contributed by atoms with van der Waals surface area (Å²) < 4.78 is 5.00. The number of ketones is 2. The maximum absolute atomic E-state index is 12.2. The summed E-state index contributed by atoms with van der Waals surface area (Å²) in [6.07, 6.45) is 1.94. The van der Waals surface area contributed by atoms with Crippen molar-refractivity contribution in [3.8, 4) is 0 Å². The smallest absolute Gasteiger partial charge is 0.331 e. The van der Waals surface area contributed by atoms with Crippen molar-refractivity contribution in [2.75, 3.05) is 6.61 Å². The zero-order valence-electron chi connectivity index (χ0n) is 17.5. The minimum atomic E-state index is -1.64. The fourth-order valence-corrected chi connectivity index (χ4v) is 3.67. The molecule has 2 aliphatic rings. The molecule has 0 aromatic heterocycles. The van der Waals surface area contributed by atoms with Crippen molar-refractivity contribution in [1.82, 2.24) is 0 Å². The summed E-state index contributed by atoms with van der Waals surface area (Å²) in [6, 6.07) is 0. The maximum Gasteiger partial charge on any atom is 0.331 e. The molecule has 0 fully saturated rings. The zero-order chi connectivity index (χ0) is 22.9. The Kier molecular flexibility index (Phi) is 6.98. The number of carbonyl (C=O) groups excluding carboxylic acids is 3. The first-order valence-electron chi connectivity index (χ1n) is 9.56. The van der Waals surface area contributed by atoms with Gasteiger partial charge in [0.15, 0.2) is 11.9 Å². The third kappa shape index (κ3) is 4.67. The number of ether oxygens (including phenoxy) is 1. The van der Waals surface area contributed by atoms with Crippen LogP contribution in [0, 0.1) is 5.41 Å². The van der Waals surface area contributed by atoms with E-state index in [0.29, 0.717) is 11.1 Å². The van der Waals surface area contributed by atoms with Crippen molar-refractivity contribution in [3.63, 3.8) is 0 Å². The average Bonchev–Trinajstić information content (AvgIpc) is 2.64. The third-order valence-electron chi connectivity index (χ3n) is 5.58. The summed E-state index contributed by atoms with van der Waals surface area (Å²) >= 11 is 0. The van der Waals surface area contributed by atoms with Crippen LogP contribution in [-0.2, 0) is 19.1 Å². The number of carbonyl (C=O) groups is 3. The van der Waals surface area contributed by atoms with Crippen molar-refractivity contribution >= 4 is 17.5 Å². The van der Waals surface area contributed by atoms with Crippen LogP contribution in [0.5, 0.6) is 0 Å². The maximum atomic E-state index is 12.2. The second-order valence-electron chi connectivity index (χ2n) is 8.40. The summed E-state index contributed by atoms with van der Waals surface area (Å²) in [7, 11) is 0. The molecule has 8 heteroatoms. The fourth-order valence-electron chi connectivity index (χ4n) is 3.67. The van der Waals surface area contributed by atoms with E-state index in [0.717, 1.165) is 12.2 Å². The highest BCUT2D eigenvalue weighted by molar-refractivity contribution is 6.02. The summed E-state index contributed by atoms with van der Waals surface area (Å²) in [4.78, 5) is 36.2. The fraction of sp³-hybridized carbons (Fsp3) is 0.500. The van der Waals surface area contributed by atoms with Gasteiger partial charge in [0, 0.05) is 23.5 Å². The number of aliphatic hydroxyl groups excluding tert-OH is 3. The molecule has 2 rings (SSSR count). The van der Waals surface area contributed by atoms with Crippen LogP contribution in [0.3, 0.4) is 0 Å². The van der Waals surface area contributed by atoms with Crippen molar-refractivity contribution in [2.45, 2.75) is 58.0 Å². The molecule has 4 atom stereocenters. The van der Waals surface area contributed by atoms with Gasteiger partial charge in [-0.05, 0) is 43.2 Å². The van der Waals surface area contributed by atoms with Gasteiger partial charge in [0.1, 0.15) is 17.8 Å². The number of esters is 1. The number of allylic oxidation sites excluding steroid dienone is 3. The first kappa shape index (κ1) is 23.9. The van der Waals surface area contributed by atoms with E-state index in [1.807, 2.05) is 0 Å². The lowest BCUT2D eigenvalue weighted by atomic mass is 9.64. The molecule has 0 aliphatic heterocycles. The van der Waals surface area contributed by atoms with Crippen LogP contribution in [0.1, 0.15) is 34.1 Å². The molecule has 0 amide bonds. The third-order valence-corrected chi connectivity index (χ3v) is 5.58. The molecule has 0 saturated carbocycles. The Bertz CT molecular complexity index is 860. The Labute approximate surface area is 174 Å². The van der Waals surface area contributed by atoms with Gasteiger partial charge in [-0.15, -0.1) is 0 Å². The molecule has 164 valence electrons. The van der Waals surface area contributed by atoms with E-state index in [1.54, 1.807) is 27.7 Å². The van der Waals surface area contributed by atoms with E-state index in [-0.39, 0.29) is 17.8 Å². The molecule has 30 heavy (non-hydrogen) atoms. The van der Waals surface area contributed by atoms with E-state index in [2.05, 4.69) is 0 Å². The number of hydrogen-bond acceptors (Lipinski definition) is 8. The lowest BCUT2D eigenvalue weighted by molar-refractivity contribution is -0.161. The van der Waals surface area contributed by atoms with Gasteiger partial charge < -0.3 is 25.2 Å². The van der Waals surface area contributed by atoms with Gasteiger partial charge in [0.25, 0.3) is 0 Å². The van der Waals surface area contributed by atoms with E-state index in [9.17, 15) is 29.7 Å². The van der Waals surface area contributed by atoms with Gasteiger partial charge in [-0.2, -0.15) is 0 Å². The standard InChI is InChI=1S/C22H28O8/c1-12(5-6-22(29)13(2)8-15(24)10-21(22,3)4)7-17(26)30-20-18(27)14(11-23)9-16(25)19(20)28/h5-9,16,19-20,23,25,28-29H,10-11H2,1-4H3/b6-5?,12-7-/t16-,19+,20+,22-/m1/s1. The molecule has 2 aliphatic carbocycles. The van der Waals surface area contributed by atoms with Crippen LogP contribution in [0.4, 0.5) is 0 Å². The molecule has 0 spiro atoms. The molecule has 8 nitrogen and oxygen atoms in total.